The number of hydrogen-bond acceptors (Lipinski definition) is 8. The second-order valence-corrected chi connectivity index (χ2v) is 13.4. The lowest BCUT2D eigenvalue weighted by Gasteiger charge is -2.47. The number of hydrogen-bond donors (Lipinski definition) is 3. The van der Waals surface area contributed by atoms with Crippen LogP contribution < -0.4 is 20.5 Å². The van der Waals surface area contributed by atoms with Crippen LogP contribution in [0.1, 0.15) is 38.3 Å². The van der Waals surface area contributed by atoms with Gasteiger partial charge in [-0.2, -0.15) is 18.4 Å². The molecule has 0 radical (unpaired) electrons. The largest absolute Gasteiger partial charge is 0.477 e. The van der Waals surface area contributed by atoms with Crippen LogP contribution in [0.25, 0.3) is 10.9 Å². The number of halogens is 3. The van der Waals surface area contributed by atoms with Crippen LogP contribution in [-0.2, 0) is 21.3 Å². The first-order valence-electron chi connectivity index (χ1n) is 15.0. The van der Waals surface area contributed by atoms with E-state index in [4.69, 9.17) is 19.9 Å². The average Bonchev–Trinajstić information content (AvgIpc) is 3.36. The monoisotopic (exact) mass is 658 g/mol. The van der Waals surface area contributed by atoms with Crippen molar-refractivity contribution >= 4 is 32.3 Å². The van der Waals surface area contributed by atoms with Crippen molar-refractivity contribution in [1.29, 1.82) is 5.26 Å². The van der Waals surface area contributed by atoms with Crippen molar-refractivity contribution < 1.29 is 31.1 Å². The van der Waals surface area contributed by atoms with Crippen molar-refractivity contribution in [3.8, 4) is 23.7 Å². The van der Waals surface area contributed by atoms with Gasteiger partial charge in [-0.05, 0) is 68.9 Å². The molecule has 0 spiro atoms. The van der Waals surface area contributed by atoms with Crippen LogP contribution in [0.2, 0.25) is 0 Å². The Morgan fingerprint density at radius 3 is 2.54 bits per heavy atom. The maximum atomic E-state index is 13.7. The Balaban J connectivity index is 1.34. The van der Waals surface area contributed by atoms with E-state index in [0.29, 0.717) is 16.6 Å². The summed E-state index contributed by atoms with van der Waals surface area (Å²) in [4.78, 5) is 2.32. The van der Waals surface area contributed by atoms with Gasteiger partial charge in [0.1, 0.15) is 18.4 Å². The molecule has 2 heterocycles. The Hall–Kier alpha value is -3.95. The number of fused-ring (bicyclic) bond motifs is 1. The number of aromatic nitrogens is 1. The molecule has 10 nitrogen and oxygen atoms in total. The number of nitrogens with zero attached hydrogens (tertiary/aromatic N) is 3. The predicted molar refractivity (Wildman–Crippen MR) is 169 cm³/mol. The highest BCUT2D eigenvalue weighted by Crippen LogP contribution is 2.37. The predicted octanol–water partition coefficient (Wildman–Crippen LogP) is 4.66. The summed E-state index contributed by atoms with van der Waals surface area (Å²) >= 11 is 0. The fourth-order valence-corrected chi connectivity index (χ4v) is 6.75. The molecule has 1 aromatic heterocycles. The first-order valence-corrected chi connectivity index (χ1v) is 16.6. The van der Waals surface area contributed by atoms with Crippen molar-refractivity contribution in [2.45, 2.75) is 61.8 Å². The molecular weight excluding hydrogens is 621 g/mol. The van der Waals surface area contributed by atoms with Gasteiger partial charge in [0.05, 0.1) is 41.6 Å². The molecule has 1 aliphatic carbocycles. The van der Waals surface area contributed by atoms with Gasteiger partial charge in [-0.3, -0.25) is 4.90 Å². The molecule has 1 saturated heterocycles. The molecule has 2 fully saturated rings. The smallest absolute Gasteiger partial charge is 0.406 e. The zero-order valence-corrected chi connectivity index (χ0v) is 26.3. The lowest BCUT2D eigenvalue weighted by molar-refractivity contribution is -0.140. The van der Waals surface area contributed by atoms with Gasteiger partial charge < -0.3 is 24.7 Å². The number of anilines is 2. The highest BCUT2D eigenvalue weighted by molar-refractivity contribution is 7.89. The van der Waals surface area contributed by atoms with E-state index in [-0.39, 0.29) is 41.1 Å². The molecule has 4 N–H and O–H groups in total. The fraction of sp³-hybridized carbons (Fsp3) is 0.469. The first-order chi connectivity index (χ1) is 21.9. The Labute approximate surface area is 266 Å². The lowest BCUT2D eigenvalue weighted by Crippen LogP contribution is -2.54. The van der Waals surface area contributed by atoms with Gasteiger partial charge in [-0.15, -0.1) is 0 Å². The average molecular weight is 659 g/mol. The molecular formula is C32H37F3N6O4S. The minimum absolute atomic E-state index is 0.000268. The molecule has 246 valence electrons. The number of nitrogens with one attached hydrogen (secondary N) is 2. The Morgan fingerprint density at radius 2 is 1.87 bits per heavy atom. The second-order valence-electron chi connectivity index (χ2n) is 11.8. The minimum atomic E-state index is -4.46. The Bertz CT molecular complexity index is 1760. The number of nitrogens with two attached hydrogens (primary N) is 1. The molecule has 1 saturated carbocycles. The van der Waals surface area contributed by atoms with E-state index in [9.17, 15) is 21.6 Å². The second kappa shape index (κ2) is 13.8. The van der Waals surface area contributed by atoms with E-state index in [1.54, 1.807) is 18.2 Å². The number of rotatable bonds is 9. The van der Waals surface area contributed by atoms with Crippen molar-refractivity contribution in [2.75, 3.05) is 50.1 Å². The van der Waals surface area contributed by atoms with Gasteiger partial charge in [-0.1, -0.05) is 12.0 Å². The number of nitriles is 1. The van der Waals surface area contributed by atoms with Gasteiger partial charge in [0, 0.05) is 41.8 Å². The molecule has 0 amide bonds. The van der Waals surface area contributed by atoms with E-state index in [1.165, 1.54) is 22.8 Å². The van der Waals surface area contributed by atoms with Crippen molar-refractivity contribution in [3.63, 3.8) is 0 Å². The highest BCUT2D eigenvalue weighted by atomic mass is 32.2. The third-order valence-electron chi connectivity index (χ3n) is 8.64. The number of ether oxygens (including phenoxy) is 2. The molecule has 0 atom stereocenters. The summed E-state index contributed by atoms with van der Waals surface area (Å²) in [5.41, 5.74) is 1.87. The molecule has 14 heteroatoms. The lowest BCUT2D eigenvalue weighted by atomic mass is 9.79. The van der Waals surface area contributed by atoms with E-state index in [1.807, 2.05) is 12.1 Å². The number of benzene rings is 2. The summed E-state index contributed by atoms with van der Waals surface area (Å²) in [6.07, 6.45) is -0.523. The van der Waals surface area contributed by atoms with E-state index < -0.39 is 22.7 Å². The number of sulfonamides is 1. The first kappa shape index (κ1) is 33.4. The molecule has 2 aliphatic rings. The van der Waals surface area contributed by atoms with Crippen molar-refractivity contribution in [2.24, 2.45) is 5.14 Å². The number of morpholine rings is 1. The van der Waals surface area contributed by atoms with Crippen LogP contribution >= 0.6 is 0 Å². The molecule has 0 unspecified atom stereocenters. The zero-order chi connectivity index (χ0) is 33.0. The number of alkyl halides is 3. The van der Waals surface area contributed by atoms with Crippen LogP contribution in [0.3, 0.4) is 0 Å². The van der Waals surface area contributed by atoms with E-state index in [2.05, 4.69) is 34.3 Å². The summed E-state index contributed by atoms with van der Waals surface area (Å²) in [6, 6.07) is 12.9. The van der Waals surface area contributed by atoms with Gasteiger partial charge >= 0.3 is 6.18 Å². The fourth-order valence-electron chi connectivity index (χ4n) is 6.22. The summed E-state index contributed by atoms with van der Waals surface area (Å²) in [5, 5.41) is 21.3. The molecule has 1 aliphatic heterocycles. The topological polar surface area (TPSA) is 135 Å². The van der Waals surface area contributed by atoms with Crippen LogP contribution in [0, 0.1) is 23.2 Å². The van der Waals surface area contributed by atoms with E-state index >= 15 is 0 Å². The summed E-state index contributed by atoms with van der Waals surface area (Å²) < 4.78 is 76.6. The molecule has 46 heavy (non-hydrogen) atoms. The van der Waals surface area contributed by atoms with Crippen LogP contribution in [0.5, 0.6) is 5.75 Å². The maximum Gasteiger partial charge on any atom is 0.406 e. The van der Waals surface area contributed by atoms with Crippen LogP contribution in [-0.4, -0.2) is 75.1 Å². The summed E-state index contributed by atoms with van der Waals surface area (Å²) in [6.45, 7) is 4.15. The minimum Gasteiger partial charge on any atom is -0.477 e. The Morgan fingerprint density at radius 1 is 1.13 bits per heavy atom. The van der Waals surface area contributed by atoms with Crippen LogP contribution in [0.15, 0.2) is 47.4 Å². The van der Waals surface area contributed by atoms with Gasteiger partial charge in [0.2, 0.25) is 10.0 Å². The third-order valence-corrected chi connectivity index (χ3v) is 9.55. The highest BCUT2D eigenvalue weighted by Gasteiger charge is 2.37. The SMILES string of the molecule is CC1(N2CCOCC2)CCC(Nc2cccc3c2cc(C#CCNc2ccc(S(N)(=O)=O)cc2OCC#N)n3CC(F)(F)F)CC1. The Kier molecular flexibility index (Phi) is 10.0. The normalized spacial score (nSPS) is 20.8. The molecule has 3 aromatic rings. The standard InChI is InChI=1S/C32H37F3N6O4S/c1-31(40-15-18-44-19-16-40)11-9-23(10-12-31)39-27-5-2-6-29-26(27)20-24(41(29)22-32(33,34)35)4-3-14-38-28-8-7-25(46(37,42)43)21-30(28)45-17-13-36/h2,5-8,20-21,23,38-39H,9-12,14-19,22H2,1H3,(H2,37,42,43). The third kappa shape index (κ3) is 8.06. The van der Waals surface area contributed by atoms with Crippen LogP contribution in [0.4, 0.5) is 24.5 Å². The van der Waals surface area contributed by atoms with Gasteiger partial charge in [0.15, 0.2) is 6.61 Å². The van der Waals surface area contributed by atoms with Crippen molar-refractivity contribution in [1.82, 2.24) is 9.47 Å². The molecule has 2 aromatic carbocycles. The maximum absolute atomic E-state index is 13.7. The van der Waals surface area contributed by atoms with Gasteiger partial charge in [-0.25, -0.2) is 13.6 Å². The number of primary sulfonamides is 1. The zero-order valence-electron chi connectivity index (χ0n) is 25.5. The summed E-state index contributed by atoms with van der Waals surface area (Å²) in [5.74, 6) is 5.80. The quantitative estimate of drug-likeness (QED) is 0.283. The summed E-state index contributed by atoms with van der Waals surface area (Å²) in [7, 11) is -4.01. The molecule has 0 bridgehead atoms. The molecule has 5 rings (SSSR count). The van der Waals surface area contributed by atoms with Crippen molar-refractivity contribution in [3.05, 3.63) is 48.2 Å². The van der Waals surface area contributed by atoms with Gasteiger partial charge in [0.25, 0.3) is 0 Å². The van der Waals surface area contributed by atoms with E-state index in [0.717, 1.165) is 57.7 Å².